The Morgan fingerprint density at radius 2 is 1.97 bits per heavy atom. The average Bonchev–Trinajstić information content (AvgIpc) is 3.51. The smallest absolute Gasteiger partial charge is 0.338 e. The van der Waals surface area contributed by atoms with Crippen LogP contribution in [0.3, 0.4) is 0 Å². The molecule has 3 atom stereocenters. The molecule has 1 aliphatic heterocycles. The van der Waals surface area contributed by atoms with E-state index in [0.717, 1.165) is 43.3 Å². The Labute approximate surface area is 175 Å². The van der Waals surface area contributed by atoms with Crippen molar-refractivity contribution in [1.82, 2.24) is 9.13 Å². The Hall–Kier alpha value is -2.51. The molecule has 160 valence electrons. The largest absolute Gasteiger partial charge is 0.353 e. The van der Waals surface area contributed by atoms with Crippen molar-refractivity contribution in [2.24, 2.45) is 11.8 Å². The van der Waals surface area contributed by atoms with Crippen LogP contribution in [0, 0.1) is 18.8 Å². The normalized spacial score (nSPS) is 23.3. The molecular weight excluding hydrogens is 384 g/mol. The average molecular weight is 412 g/mol. The summed E-state index contributed by atoms with van der Waals surface area (Å²) in [4.78, 5) is 38.2. The predicted molar refractivity (Wildman–Crippen MR) is 112 cm³/mol. The minimum Gasteiger partial charge on any atom is -0.353 e. The summed E-state index contributed by atoms with van der Waals surface area (Å²) in [7, 11) is 0. The number of nitrogens with zero attached hydrogens (tertiary/aromatic N) is 2. The molecule has 2 heterocycles. The summed E-state index contributed by atoms with van der Waals surface area (Å²) in [5.74, 6) is 0.262. The second-order valence-corrected chi connectivity index (χ2v) is 8.27. The number of carbonyl (C=O) groups excluding carboxylic acids is 1. The third kappa shape index (κ3) is 4.63. The molecule has 1 aromatic heterocycles. The zero-order valence-corrected chi connectivity index (χ0v) is 17.3. The molecular formula is C23H28N2O5. The highest BCUT2D eigenvalue weighted by Crippen LogP contribution is 2.42. The molecule has 30 heavy (non-hydrogen) atoms. The minimum atomic E-state index is -0.587. The lowest BCUT2D eigenvalue weighted by Crippen LogP contribution is -2.44. The number of benzene rings is 1. The third-order valence-electron chi connectivity index (χ3n) is 5.98. The molecule has 7 nitrogen and oxygen atoms in total. The summed E-state index contributed by atoms with van der Waals surface area (Å²) in [6, 6.07) is 8.41. The fourth-order valence-corrected chi connectivity index (χ4v) is 4.09. The van der Waals surface area contributed by atoms with Crippen molar-refractivity contribution in [2.75, 3.05) is 13.2 Å². The third-order valence-corrected chi connectivity index (χ3v) is 5.98. The molecule has 2 aromatic rings. The Bertz CT molecular complexity index is 1000. The highest BCUT2D eigenvalue weighted by Gasteiger charge is 2.37. The molecule has 0 amide bonds. The number of hydrogen-bond acceptors (Lipinski definition) is 5. The monoisotopic (exact) mass is 412 g/mol. The molecule has 1 aromatic carbocycles. The lowest BCUT2D eigenvalue weighted by molar-refractivity contribution is -0.163. The zero-order valence-electron chi connectivity index (χ0n) is 17.3. The first-order chi connectivity index (χ1) is 14.5. The second kappa shape index (κ2) is 9.10. The van der Waals surface area contributed by atoms with Crippen LogP contribution in [-0.4, -0.2) is 34.5 Å². The van der Waals surface area contributed by atoms with Crippen LogP contribution in [-0.2, 0) is 16.0 Å². The van der Waals surface area contributed by atoms with Crippen molar-refractivity contribution < 1.29 is 14.3 Å². The molecule has 1 saturated carbocycles. The molecule has 4 rings (SSSR count). The maximum absolute atomic E-state index is 12.9. The summed E-state index contributed by atoms with van der Waals surface area (Å²) in [6.45, 7) is 3.57. The van der Waals surface area contributed by atoms with Gasteiger partial charge in [0, 0.05) is 30.5 Å². The molecule has 0 spiro atoms. The van der Waals surface area contributed by atoms with Gasteiger partial charge in [-0.05, 0) is 63.0 Å². The summed E-state index contributed by atoms with van der Waals surface area (Å²) in [5.41, 5.74) is -0.426. The Kier molecular flexibility index (Phi) is 6.29. The van der Waals surface area contributed by atoms with E-state index in [9.17, 15) is 14.4 Å². The lowest BCUT2D eigenvalue weighted by atomic mass is 10.2. The van der Waals surface area contributed by atoms with Crippen molar-refractivity contribution in [3.05, 3.63) is 68.5 Å². The Morgan fingerprint density at radius 3 is 2.70 bits per heavy atom. The van der Waals surface area contributed by atoms with Gasteiger partial charge in [0.2, 0.25) is 0 Å². The Balaban J connectivity index is 1.40. The molecule has 2 fully saturated rings. The van der Waals surface area contributed by atoms with E-state index in [1.165, 1.54) is 4.57 Å². The van der Waals surface area contributed by atoms with Crippen LogP contribution in [0.2, 0.25) is 0 Å². The molecule has 1 unspecified atom stereocenters. The number of ether oxygens (including phenoxy) is 2. The van der Waals surface area contributed by atoms with E-state index in [4.69, 9.17) is 9.47 Å². The predicted octanol–water partition coefficient (Wildman–Crippen LogP) is 2.58. The van der Waals surface area contributed by atoms with E-state index in [1.807, 2.05) is 0 Å². The number of aromatic nitrogens is 2. The SMILES string of the molecule is Cc1cn(C[C@H]2C[C@@H]2CCOC2CCCCO2)c(=O)n(C(=O)c2ccccc2)c1=O. The summed E-state index contributed by atoms with van der Waals surface area (Å²) < 4.78 is 13.7. The maximum atomic E-state index is 12.9. The van der Waals surface area contributed by atoms with Gasteiger partial charge in [-0.15, -0.1) is 0 Å². The number of carbonyl (C=O) groups is 1. The van der Waals surface area contributed by atoms with E-state index in [2.05, 4.69) is 0 Å². The topological polar surface area (TPSA) is 79.5 Å². The van der Waals surface area contributed by atoms with Gasteiger partial charge in [-0.1, -0.05) is 18.2 Å². The van der Waals surface area contributed by atoms with Crippen molar-refractivity contribution in [3.8, 4) is 0 Å². The molecule has 0 N–H and O–H groups in total. The van der Waals surface area contributed by atoms with Crippen molar-refractivity contribution in [3.63, 3.8) is 0 Å². The van der Waals surface area contributed by atoms with Gasteiger partial charge >= 0.3 is 5.69 Å². The summed E-state index contributed by atoms with van der Waals surface area (Å²) >= 11 is 0. The van der Waals surface area contributed by atoms with Gasteiger partial charge in [0.05, 0.1) is 6.61 Å². The van der Waals surface area contributed by atoms with Gasteiger partial charge in [0.1, 0.15) is 0 Å². The molecule has 0 bridgehead atoms. The highest BCUT2D eigenvalue weighted by atomic mass is 16.7. The van der Waals surface area contributed by atoms with E-state index < -0.39 is 17.2 Å². The first-order valence-electron chi connectivity index (χ1n) is 10.7. The van der Waals surface area contributed by atoms with Crippen LogP contribution in [0.25, 0.3) is 0 Å². The quantitative estimate of drug-likeness (QED) is 0.698. The van der Waals surface area contributed by atoms with Gasteiger partial charge in [0.15, 0.2) is 6.29 Å². The highest BCUT2D eigenvalue weighted by molar-refractivity contribution is 5.95. The molecule has 7 heteroatoms. The van der Waals surface area contributed by atoms with Crippen LogP contribution in [0.1, 0.15) is 48.0 Å². The molecule has 1 saturated heterocycles. The molecule has 0 radical (unpaired) electrons. The number of aryl methyl sites for hydroxylation is 1. The van der Waals surface area contributed by atoms with Crippen LogP contribution in [0.15, 0.2) is 46.1 Å². The van der Waals surface area contributed by atoms with Gasteiger partial charge in [-0.3, -0.25) is 14.2 Å². The standard InChI is InChI=1S/C23H28N2O5/c1-16-14-24(15-19-13-18(19)10-12-30-20-9-5-6-11-29-20)23(28)25(21(16)26)22(27)17-7-3-2-4-8-17/h2-4,7-8,14,18-20H,5-6,9-13,15H2,1H3/t18-,19+,20?/m0/s1. The summed E-state index contributed by atoms with van der Waals surface area (Å²) in [6.07, 6.45) is 6.66. The van der Waals surface area contributed by atoms with E-state index in [1.54, 1.807) is 43.5 Å². The number of rotatable bonds is 7. The van der Waals surface area contributed by atoms with Gasteiger partial charge in [0.25, 0.3) is 11.5 Å². The molecule has 1 aliphatic carbocycles. The van der Waals surface area contributed by atoms with Crippen LogP contribution in [0.4, 0.5) is 0 Å². The van der Waals surface area contributed by atoms with Gasteiger partial charge < -0.3 is 9.47 Å². The van der Waals surface area contributed by atoms with Crippen molar-refractivity contribution in [2.45, 2.75) is 51.9 Å². The maximum Gasteiger partial charge on any atom is 0.338 e. The first-order valence-corrected chi connectivity index (χ1v) is 10.7. The second-order valence-electron chi connectivity index (χ2n) is 8.27. The van der Waals surface area contributed by atoms with Crippen LogP contribution in [0.5, 0.6) is 0 Å². The van der Waals surface area contributed by atoms with E-state index in [0.29, 0.717) is 36.1 Å². The Morgan fingerprint density at radius 1 is 1.17 bits per heavy atom. The van der Waals surface area contributed by atoms with Crippen LogP contribution >= 0.6 is 0 Å². The van der Waals surface area contributed by atoms with Crippen molar-refractivity contribution in [1.29, 1.82) is 0 Å². The fourth-order valence-electron chi connectivity index (χ4n) is 4.09. The van der Waals surface area contributed by atoms with E-state index in [-0.39, 0.29) is 6.29 Å². The minimum absolute atomic E-state index is 0.0752. The fraction of sp³-hybridized carbons (Fsp3) is 0.522. The van der Waals surface area contributed by atoms with Gasteiger partial charge in [-0.25, -0.2) is 4.79 Å². The lowest BCUT2D eigenvalue weighted by Gasteiger charge is -2.22. The van der Waals surface area contributed by atoms with Crippen molar-refractivity contribution >= 4 is 5.91 Å². The first kappa shape index (κ1) is 20.8. The van der Waals surface area contributed by atoms with Crippen LogP contribution < -0.4 is 11.2 Å². The zero-order chi connectivity index (χ0) is 21.1. The number of hydrogen-bond donors (Lipinski definition) is 0. The van der Waals surface area contributed by atoms with Gasteiger partial charge in [-0.2, -0.15) is 4.57 Å². The van der Waals surface area contributed by atoms with E-state index >= 15 is 0 Å². The molecule has 2 aliphatic rings. The summed E-state index contributed by atoms with van der Waals surface area (Å²) in [5, 5.41) is 0.